The third-order valence-corrected chi connectivity index (χ3v) is 4.97. The van der Waals surface area contributed by atoms with Gasteiger partial charge in [0.15, 0.2) is 16.6 Å². The van der Waals surface area contributed by atoms with Crippen LogP contribution < -0.4 is 5.73 Å². The van der Waals surface area contributed by atoms with Gasteiger partial charge >= 0.3 is 0 Å². The van der Waals surface area contributed by atoms with Gasteiger partial charge in [0.25, 0.3) is 0 Å². The van der Waals surface area contributed by atoms with E-state index in [-0.39, 0.29) is 6.35 Å². The topological polar surface area (TPSA) is 50.9 Å². The highest BCUT2D eigenvalue weighted by molar-refractivity contribution is 6.74. The summed E-state index contributed by atoms with van der Waals surface area (Å²) in [6.07, 6.45) is 3.66. The second-order valence-corrected chi connectivity index (χ2v) is 15.3. The monoisotopic (exact) mass is 257 g/mol. The molecule has 0 saturated heterocycles. The Balaban J connectivity index is 2.89. The molecule has 2 N–H and O–H groups in total. The number of rotatable bonds is 3. The van der Waals surface area contributed by atoms with Gasteiger partial charge in [0.05, 0.1) is 0 Å². The molecule has 0 saturated carbocycles. The minimum absolute atomic E-state index is 0.219. The molecule has 0 fully saturated rings. The summed E-state index contributed by atoms with van der Waals surface area (Å²) in [7, 11) is -3.08. The summed E-state index contributed by atoms with van der Waals surface area (Å²) in [4.78, 5) is 4.40. The van der Waals surface area contributed by atoms with Crippen LogP contribution in [0.25, 0.3) is 0 Å². The molecule has 0 bridgehead atoms. The zero-order valence-corrected chi connectivity index (χ0v) is 13.1. The molecule has 4 nitrogen and oxygen atoms in total. The van der Waals surface area contributed by atoms with E-state index in [9.17, 15) is 0 Å². The first-order valence-electron chi connectivity index (χ1n) is 5.57. The van der Waals surface area contributed by atoms with Crippen molar-refractivity contribution in [2.75, 3.05) is 0 Å². The van der Waals surface area contributed by atoms with Crippen molar-refractivity contribution in [3.8, 4) is 0 Å². The lowest BCUT2D eigenvalue weighted by Gasteiger charge is -2.41. The van der Waals surface area contributed by atoms with Crippen LogP contribution in [0.3, 0.4) is 0 Å². The Hall–Kier alpha value is -0.596. The van der Waals surface area contributed by atoms with Gasteiger partial charge in [0.2, 0.25) is 6.35 Å². The van der Waals surface area contributed by atoms with E-state index in [0.29, 0.717) is 5.84 Å². The summed E-state index contributed by atoms with van der Waals surface area (Å²) >= 11 is 0. The van der Waals surface area contributed by atoms with Gasteiger partial charge in [-0.2, -0.15) is 0 Å². The minimum atomic E-state index is -1.61. The van der Waals surface area contributed by atoms with Gasteiger partial charge in [-0.25, -0.2) is 4.99 Å². The Morgan fingerprint density at radius 3 is 2.25 bits per heavy atom. The van der Waals surface area contributed by atoms with Gasteiger partial charge < -0.3 is 14.7 Å². The number of nitrogens with zero attached hydrogens (tertiary/aromatic N) is 2. The fraction of sp³-hybridized carbons (Fsp3) is 0.700. The molecule has 1 atom stereocenters. The lowest BCUT2D eigenvalue weighted by Crippen LogP contribution is -2.53. The molecule has 92 valence electrons. The van der Waals surface area contributed by atoms with Crippen LogP contribution in [0, 0.1) is 0 Å². The Bertz CT molecular complexity index is 315. The van der Waals surface area contributed by atoms with Crippen molar-refractivity contribution >= 4 is 22.4 Å². The number of nitrogens with two attached hydrogens (primary N) is 1. The Morgan fingerprint density at radius 1 is 1.25 bits per heavy atom. The maximum absolute atomic E-state index is 6.07. The molecule has 0 aromatic carbocycles. The van der Waals surface area contributed by atoms with Crippen LogP contribution >= 0.6 is 0 Å². The predicted molar refractivity (Wildman–Crippen MR) is 74.2 cm³/mol. The number of amidine groups is 1. The van der Waals surface area contributed by atoms with Crippen molar-refractivity contribution in [3.05, 3.63) is 12.3 Å². The number of aliphatic imine (C=N–C) groups is 1. The summed E-state index contributed by atoms with van der Waals surface area (Å²) in [5, 5.41) is 0. The van der Waals surface area contributed by atoms with Crippen LogP contribution in [0.5, 0.6) is 0 Å². The largest absolute Gasteiger partial charge is 0.384 e. The molecule has 1 rings (SSSR count). The van der Waals surface area contributed by atoms with E-state index in [2.05, 4.69) is 48.8 Å². The fourth-order valence-corrected chi connectivity index (χ4v) is 3.62. The van der Waals surface area contributed by atoms with E-state index in [0.717, 1.165) is 0 Å². The van der Waals surface area contributed by atoms with E-state index in [1.807, 2.05) is 12.3 Å². The fourth-order valence-electron chi connectivity index (χ4n) is 1.42. The molecule has 0 radical (unpaired) electrons. The highest BCUT2D eigenvalue weighted by atomic mass is 28.4. The molecule has 16 heavy (non-hydrogen) atoms. The van der Waals surface area contributed by atoms with Gasteiger partial charge in [-0.15, -0.1) is 0 Å². The molecule has 0 amide bonds. The maximum atomic E-state index is 6.07. The van der Waals surface area contributed by atoms with Crippen molar-refractivity contribution in [2.45, 2.75) is 45.6 Å². The summed E-state index contributed by atoms with van der Waals surface area (Å²) in [5.41, 5.74) is 5.74. The van der Waals surface area contributed by atoms with Crippen molar-refractivity contribution in [1.29, 1.82) is 0 Å². The van der Waals surface area contributed by atoms with E-state index >= 15 is 0 Å². The minimum Gasteiger partial charge on any atom is -0.384 e. The normalized spacial score (nSPS) is 22.2. The summed E-state index contributed by atoms with van der Waals surface area (Å²) < 4.78 is 8.31. The molecule has 6 heteroatoms. The van der Waals surface area contributed by atoms with Gasteiger partial charge in [-0.05, 0) is 31.9 Å². The van der Waals surface area contributed by atoms with Crippen LogP contribution in [-0.4, -0.2) is 33.3 Å². The Labute approximate surface area is 100 Å². The number of hydrogen-bond donors (Lipinski definition) is 1. The second kappa shape index (κ2) is 4.35. The molecule has 0 aromatic rings. The zero-order valence-electron chi connectivity index (χ0n) is 11.1. The molecule has 0 aliphatic carbocycles. The van der Waals surface area contributed by atoms with Crippen LogP contribution in [0.2, 0.25) is 39.3 Å². The summed E-state index contributed by atoms with van der Waals surface area (Å²) in [5.74, 6) is 0.553. The average molecular weight is 257 g/mol. The van der Waals surface area contributed by atoms with Crippen LogP contribution in [0.15, 0.2) is 17.3 Å². The summed E-state index contributed by atoms with van der Waals surface area (Å²) in [6, 6.07) is 0. The van der Waals surface area contributed by atoms with Crippen molar-refractivity contribution in [3.63, 3.8) is 0 Å². The molecule has 1 aliphatic rings. The van der Waals surface area contributed by atoms with E-state index in [1.165, 1.54) is 0 Å². The highest BCUT2D eigenvalue weighted by Crippen LogP contribution is 2.21. The molecule has 1 aliphatic heterocycles. The quantitative estimate of drug-likeness (QED) is 0.788. The zero-order chi connectivity index (χ0) is 12.6. The molecule has 0 aromatic heterocycles. The first-order chi connectivity index (χ1) is 7.09. The van der Waals surface area contributed by atoms with Crippen LogP contribution in [0.4, 0.5) is 0 Å². The van der Waals surface area contributed by atoms with E-state index in [1.54, 1.807) is 0 Å². The molecule has 1 unspecified atom stereocenters. The molecular formula is C10H23N3OSi2. The molecule has 0 spiro atoms. The third kappa shape index (κ3) is 3.76. The molecular weight excluding hydrogens is 234 g/mol. The lowest BCUT2D eigenvalue weighted by molar-refractivity contribution is 0.110. The van der Waals surface area contributed by atoms with Gasteiger partial charge in [0.1, 0.15) is 5.84 Å². The van der Waals surface area contributed by atoms with Crippen molar-refractivity contribution in [1.82, 2.24) is 4.57 Å². The van der Waals surface area contributed by atoms with E-state index in [4.69, 9.17) is 10.2 Å². The van der Waals surface area contributed by atoms with Crippen LogP contribution in [-0.2, 0) is 4.43 Å². The van der Waals surface area contributed by atoms with Gasteiger partial charge in [-0.1, -0.05) is 19.6 Å². The first kappa shape index (κ1) is 13.5. The lowest BCUT2D eigenvalue weighted by atomic mass is 10.5. The smallest absolute Gasteiger partial charge is 0.212 e. The standard InChI is InChI=1S/C10H23N3OSi2/c1-15(2,3)13-8-7-9(11)12-10(13)14-16(4,5)6/h7-8,10H,1-6H3,(H2,11,12). The SMILES string of the molecule is C[Si](C)(C)OC1N=C(N)C=CN1[Si](C)(C)C. The van der Waals surface area contributed by atoms with Gasteiger partial charge in [0, 0.05) is 0 Å². The Kier molecular flexibility index (Phi) is 3.66. The second-order valence-electron chi connectivity index (χ2n) is 6.00. The Morgan fingerprint density at radius 2 is 1.81 bits per heavy atom. The van der Waals surface area contributed by atoms with Gasteiger partial charge in [-0.3, -0.25) is 0 Å². The average Bonchev–Trinajstić information content (AvgIpc) is 1.97. The van der Waals surface area contributed by atoms with E-state index < -0.39 is 16.6 Å². The molecule has 1 heterocycles. The maximum Gasteiger partial charge on any atom is 0.212 e. The van der Waals surface area contributed by atoms with Crippen molar-refractivity contribution in [2.24, 2.45) is 10.7 Å². The van der Waals surface area contributed by atoms with Crippen molar-refractivity contribution < 1.29 is 4.43 Å². The summed E-state index contributed by atoms with van der Waals surface area (Å²) in [6.45, 7) is 13.3. The number of hydrogen-bond acceptors (Lipinski definition) is 4. The first-order valence-corrected chi connectivity index (χ1v) is 12.4. The highest BCUT2D eigenvalue weighted by Gasteiger charge is 2.33. The predicted octanol–water partition coefficient (Wildman–Crippen LogP) is 2.14. The van der Waals surface area contributed by atoms with Crippen LogP contribution in [0.1, 0.15) is 0 Å². The third-order valence-electron chi connectivity index (χ3n) is 2.14.